The van der Waals surface area contributed by atoms with Gasteiger partial charge in [-0.2, -0.15) is 0 Å². The summed E-state index contributed by atoms with van der Waals surface area (Å²) in [6.45, 7) is 10.8. The molecule has 0 saturated carbocycles. The van der Waals surface area contributed by atoms with Gasteiger partial charge in [-0.05, 0) is 57.2 Å². The average molecular weight is 312 g/mol. The van der Waals surface area contributed by atoms with Crippen molar-refractivity contribution >= 4 is 5.91 Å². The van der Waals surface area contributed by atoms with E-state index in [1.165, 1.54) is 25.9 Å². The second-order valence-electron chi connectivity index (χ2n) is 7.29. The Morgan fingerprint density at radius 3 is 2.41 bits per heavy atom. The molecule has 1 aliphatic heterocycles. The smallest absolute Gasteiger partial charge is 0.220 e. The van der Waals surface area contributed by atoms with Crippen LogP contribution in [0.5, 0.6) is 0 Å². The second kappa shape index (κ2) is 11.0. The molecule has 0 aromatic carbocycles. The SMILES string of the molecule is CC1CCN(C(CNC(=O)CCCCCCN)C(C)C)CC1. The number of hydrogen-bond donors (Lipinski definition) is 2. The molecule has 4 nitrogen and oxygen atoms in total. The molecule has 1 unspecified atom stereocenters. The van der Waals surface area contributed by atoms with E-state index in [9.17, 15) is 4.79 Å². The van der Waals surface area contributed by atoms with Gasteiger partial charge in [0, 0.05) is 19.0 Å². The van der Waals surface area contributed by atoms with Gasteiger partial charge < -0.3 is 11.1 Å². The van der Waals surface area contributed by atoms with E-state index in [0.29, 0.717) is 18.4 Å². The van der Waals surface area contributed by atoms with Gasteiger partial charge in [0.05, 0.1) is 0 Å². The number of hydrogen-bond acceptors (Lipinski definition) is 3. The number of unbranched alkanes of at least 4 members (excludes halogenated alkanes) is 3. The third-order valence-electron chi connectivity index (χ3n) is 4.92. The first-order valence-electron chi connectivity index (χ1n) is 9.25. The van der Waals surface area contributed by atoms with Gasteiger partial charge in [-0.25, -0.2) is 0 Å². The van der Waals surface area contributed by atoms with Crippen molar-refractivity contribution in [3.05, 3.63) is 0 Å². The number of carbonyl (C=O) groups is 1. The first kappa shape index (κ1) is 19.4. The van der Waals surface area contributed by atoms with Crippen molar-refractivity contribution in [3.8, 4) is 0 Å². The maximum absolute atomic E-state index is 12.0. The summed E-state index contributed by atoms with van der Waals surface area (Å²) in [7, 11) is 0. The molecule has 0 aliphatic carbocycles. The number of carbonyl (C=O) groups excluding carboxylic acids is 1. The molecule has 1 amide bonds. The fourth-order valence-electron chi connectivity index (χ4n) is 3.24. The lowest BCUT2D eigenvalue weighted by Gasteiger charge is -2.38. The lowest BCUT2D eigenvalue weighted by Crippen LogP contribution is -2.49. The molecule has 0 aromatic heterocycles. The van der Waals surface area contributed by atoms with Crippen molar-refractivity contribution in [2.75, 3.05) is 26.2 Å². The molecule has 0 aromatic rings. The summed E-state index contributed by atoms with van der Waals surface area (Å²) >= 11 is 0. The molecule has 1 rings (SSSR count). The molecule has 1 saturated heterocycles. The summed E-state index contributed by atoms with van der Waals surface area (Å²) in [5.41, 5.74) is 5.48. The molecule has 0 radical (unpaired) electrons. The number of piperidine rings is 1. The van der Waals surface area contributed by atoms with Gasteiger partial charge in [-0.1, -0.05) is 33.6 Å². The molecule has 22 heavy (non-hydrogen) atoms. The molecule has 1 heterocycles. The fraction of sp³-hybridized carbons (Fsp3) is 0.944. The third-order valence-corrected chi connectivity index (χ3v) is 4.92. The summed E-state index contributed by atoms with van der Waals surface area (Å²) in [6.07, 6.45) is 7.56. The number of nitrogens with two attached hydrogens (primary N) is 1. The molecule has 1 aliphatic rings. The van der Waals surface area contributed by atoms with Crippen LogP contribution < -0.4 is 11.1 Å². The van der Waals surface area contributed by atoms with Crippen LogP contribution in [-0.2, 0) is 4.79 Å². The minimum Gasteiger partial charge on any atom is -0.355 e. The zero-order chi connectivity index (χ0) is 16.4. The molecular formula is C18H37N3O. The van der Waals surface area contributed by atoms with Gasteiger partial charge in [0.15, 0.2) is 0 Å². The Kier molecular flexibility index (Phi) is 9.73. The maximum Gasteiger partial charge on any atom is 0.220 e. The minimum absolute atomic E-state index is 0.212. The van der Waals surface area contributed by atoms with Crippen LogP contribution in [0.15, 0.2) is 0 Å². The summed E-state index contributed by atoms with van der Waals surface area (Å²) in [4.78, 5) is 14.6. The number of rotatable bonds is 10. The van der Waals surface area contributed by atoms with Crippen LogP contribution in [0.4, 0.5) is 0 Å². The third kappa shape index (κ3) is 7.59. The van der Waals surface area contributed by atoms with Crippen molar-refractivity contribution in [1.29, 1.82) is 0 Å². The van der Waals surface area contributed by atoms with Gasteiger partial charge in [0.2, 0.25) is 5.91 Å². The quantitative estimate of drug-likeness (QED) is 0.610. The Morgan fingerprint density at radius 1 is 1.18 bits per heavy atom. The van der Waals surface area contributed by atoms with E-state index >= 15 is 0 Å². The van der Waals surface area contributed by atoms with E-state index in [2.05, 4.69) is 31.0 Å². The van der Waals surface area contributed by atoms with E-state index in [1.807, 2.05) is 0 Å². The number of nitrogens with one attached hydrogen (secondary N) is 1. The molecule has 0 bridgehead atoms. The fourth-order valence-corrected chi connectivity index (χ4v) is 3.24. The molecule has 1 fully saturated rings. The molecule has 0 spiro atoms. The van der Waals surface area contributed by atoms with Crippen LogP contribution in [0.1, 0.15) is 65.7 Å². The van der Waals surface area contributed by atoms with Crippen molar-refractivity contribution in [3.63, 3.8) is 0 Å². The van der Waals surface area contributed by atoms with Crippen LogP contribution >= 0.6 is 0 Å². The van der Waals surface area contributed by atoms with Gasteiger partial charge in [0.25, 0.3) is 0 Å². The monoisotopic (exact) mass is 311 g/mol. The van der Waals surface area contributed by atoms with Gasteiger partial charge >= 0.3 is 0 Å². The lowest BCUT2D eigenvalue weighted by atomic mass is 9.94. The van der Waals surface area contributed by atoms with Crippen molar-refractivity contribution in [1.82, 2.24) is 10.2 Å². The molecular weight excluding hydrogens is 274 g/mol. The Hall–Kier alpha value is -0.610. The number of likely N-dealkylation sites (tertiary alicyclic amines) is 1. The second-order valence-corrected chi connectivity index (χ2v) is 7.29. The topological polar surface area (TPSA) is 58.4 Å². The van der Waals surface area contributed by atoms with Crippen LogP contribution in [0.25, 0.3) is 0 Å². The Balaban J connectivity index is 2.24. The Bertz CT molecular complexity index is 299. The van der Waals surface area contributed by atoms with Crippen LogP contribution in [0.3, 0.4) is 0 Å². The highest BCUT2D eigenvalue weighted by molar-refractivity contribution is 5.75. The van der Waals surface area contributed by atoms with Crippen molar-refractivity contribution in [2.45, 2.75) is 71.8 Å². The normalized spacial score (nSPS) is 18.6. The first-order chi connectivity index (χ1) is 10.5. The largest absolute Gasteiger partial charge is 0.355 e. The lowest BCUT2D eigenvalue weighted by molar-refractivity contribution is -0.121. The van der Waals surface area contributed by atoms with Crippen LogP contribution in [-0.4, -0.2) is 43.0 Å². The number of nitrogens with zero attached hydrogens (tertiary/aromatic N) is 1. The van der Waals surface area contributed by atoms with Gasteiger partial charge in [-0.3, -0.25) is 9.69 Å². The molecule has 4 heteroatoms. The minimum atomic E-state index is 0.212. The van der Waals surface area contributed by atoms with E-state index in [4.69, 9.17) is 5.73 Å². The Labute approximate surface area is 137 Å². The highest BCUT2D eigenvalue weighted by Gasteiger charge is 2.25. The highest BCUT2D eigenvalue weighted by atomic mass is 16.1. The van der Waals surface area contributed by atoms with E-state index in [0.717, 1.165) is 44.7 Å². The zero-order valence-corrected chi connectivity index (χ0v) is 14.9. The number of amides is 1. The van der Waals surface area contributed by atoms with Gasteiger partial charge in [0.1, 0.15) is 0 Å². The van der Waals surface area contributed by atoms with E-state index in [1.54, 1.807) is 0 Å². The predicted molar refractivity (Wildman–Crippen MR) is 93.7 cm³/mol. The van der Waals surface area contributed by atoms with Crippen LogP contribution in [0, 0.1) is 11.8 Å². The highest BCUT2D eigenvalue weighted by Crippen LogP contribution is 2.21. The van der Waals surface area contributed by atoms with E-state index < -0.39 is 0 Å². The molecule has 3 N–H and O–H groups in total. The maximum atomic E-state index is 12.0. The van der Waals surface area contributed by atoms with Crippen molar-refractivity contribution < 1.29 is 4.79 Å². The van der Waals surface area contributed by atoms with E-state index in [-0.39, 0.29) is 5.91 Å². The summed E-state index contributed by atoms with van der Waals surface area (Å²) in [5.74, 6) is 1.65. The summed E-state index contributed by atoms with van der Waals surface area (Å²) < 4.78 is 0. The zero-order valence-electron chi connectivity index (χ0n) is 14.9. The van der Waals surface area contributed by atoms with Crippen LogP contribution in [0.2, 0.25) is 0 Å². The average Bonchev–Trinajstić information content (AvgIpc) is 2.48. The molecule has 130 valence electrons. The summed E-state index contributed by atoms with van der Waals surface area (Å²) in [5, 5.41) is 3.16. The van der Waals surface area contributed by atoms with Crippen molar-refractivity contribution in [2.24, 2.45) is 17.6 Å². The summed E-state index contributed by atoms with van der Waals surface area (Å²) in [6, 6.07) is 0.480. The Morgan fingerprint density at radius 2 is 1.82 bits per heavy atom. The first-order valence-corrected chi connectivity index (χ1v) is 9.25. The molecule has 1 atom stereocenters. The van der Waals surface area contributed by atoms with Gasteiger partial charge in [-0.15, -0.1) is 0 Å². The standard InChI is InChI=1S/C18H37N3O/c1-15(2)17(21-12-9-16(3)10-13-21)14-20-18(22)8-6-4-5-7-11-19/h15-17H,4-14,19H2,1-3H3,(H,20,22). The predicted octanol–water partition coefficient (Wildman–Crippen LogP) is 2.77.